The van der Waals surface area contributed by atoms with Crippen molar-refractivity contribution in [1.82, 2.24) is 4.31 Å². The minimum absolute atomic E-state index is 0.171. The number of hydrogen-bond acceptors (Lipinski definition) is 6. The summed E-state index contributed by atoms with van der Waals surface area (Å²) in [6, 6.07) is 19.1. The molecule has 2 saturated heterocycles. The lowest BCUT2D eigenvalue weighted by molar-refractivity contribution is 0.102. The third kappa shape index (κ3) is 4.96. The van der Waals surface area contributed by atoms with Gasteiger partial charge in [-0.05, 0) is 61.6 Å². The molecular formula is C30H34N4O4S. The van der Waals surface area contributed by atoms with Crippen LogP contribution in [0.2, 0.25) is 0 Å². The molecule has 9 heteroatoms. The van der Waals surface area contributed by atoms with Crippen LogP contribution in [0.1, 0.15) is 35.7 Å². The minimum atomic E-state index is -3.83. The Hall–Kier alpha value is -3.56. The molecule has 39 heavy (non-hydrogen) atoms. The van der Waals surface area contributed by atoms with E-state index in [0.717, 1.165) is 37.2 Å². The van der Waals surface area contributed by atoms with E-state index >= 15 is 0 Å². The van der Waals surface area contributed by atoms with Gasteiger partial charge in [0, 0.05) is 51.0 Å². The number of aryl methyl sites for hydroxylation is 1. The van der Waals surface area contributed by atoms with Gasteiger partial charge in [-0.25, -0.2) is 8.42 Å². The fourth-order valence-electron chi connectivity index (χ4n) is 5.61. The van der Waals surface area contributed by atoms with Crippen LogP contribution >= 0.6 is 0 Å². The highest BCUT2D eigenvalue weighted by Gasteiger charge is 2.35. The summed E-state index contributed by atoms with van der Waals surface area (Å²) in [5.41, 5.74) is 3.52. The topological polar surface area (TPSA) is 82.2 Å². The average Bonchev–Trinajstić information content (AvgIpc) is 3.08. The number of piperidine rings is 1. The lowest BCUT2D eigenvalue weighted by Crippen LogP contribution is -2.47. The van der Waals surface area contributed by atoms with Crippen LogP contribution in [0.4, 0.5) is 17.1 Å². The maximum Gasteiger partial charge on any atom is 0.259 e. The summed E-state index contributed by atoms with van der Waals surface area (Å²) >= 11 is 0. The van der Waals surface area contributed by atoms with Gasteiger partial charge in [-0.15, -0.1) is 0 Å². The molecule has 1 amide bonds. The number of benzene rings is 3. The molecule has 0 bridgehead atoms. The number of carbonyl (C=O) groups is 1. The summed E-state index contributed by atoms with van der Waals surface area (Å²) in [7, 11) is -3.83. The largest absolute Gasteiger partial charge is 0.454 e. The second-order valence-corrected chi connectivity index (χ2v) is 12.7. The van der Waals surface area contributed by atoms with E-state index in [0.29, 0.717) is 55.0 Å². The van der Waals surface area contributed by atoms with Gasteiger partial charge in [-0.2, -0.15) is 4.31 Å². The summed E-state index contributed by atoms with van der Waals surface area (Å²) < 4.78 is 36.0. The normalized spacial score (nSPS) is 18.6. The maximum absolute atomic E-state index is 14.1. The van der Waals surface area contributed by atoms with Crippen molar-refractivity contribution in [1.29, 1.82) is 0 Å². The summed E-state index contributed by atoms with van der Waals surface area (Å²) in [5.74, 6) is 1.02. The van der Waals surface area contributed by atoms with Crippen LogP contribution in [0.25, 0.3) is 0 Å². The fourth-order valence-corrected chi connectivity index (χ4v) is 7.30. The second-order valence-electron chi connectivity index (χ2n) is 10.8. The van der Waals surface area contributed by atoms with Crippen molar-refractivity contribution >= 4 is 33.0 Å². The Morgan fingerprint density at radius 3 is 2.26 bits per heavy atom. The number of rotatable bonds is 4. The van der Waals surface area contributed by atoms with E-state index in [1.807, 2.05) is 43.3 Å². The molecular weight excluding hydrogens is 512 g/mol. The van der Waals surface area contributed by atoms with Crippen LogP contribution in [-0.4, -0.2) is 57.9 Å². The van der Waals surface area contributed by atoms with Crippen LogP contribution in [-0.2, 0) is 10.0 Å². The first-order valence-electron chi connectivity index (χ1n) is 13.6. The number of nitrogens with zero attached hydrogens (tertiary/aromatic N) is 3. The smallest absolute Gasteiger partial charge is 0.259 e. The summed E-state index contributed by atoms with van der Waals surface area (Å²) in [6.07, 6.45) is 1.65. The average molecular weight is 547 g/mol. The quantitative estimate of drug-likeness (QED) is 0.490. The number of piperazine rings is 1. The van der Waals surface area contributed by atoms with Crippen molar-refractivity contribution in [3.8, 4) is 11.5 Å². The van der Waals surface area contributed by atoms with Crippen LogP contribution in [0, 0.1) is 12.8 Å². The molecule has 3 heterocycles. The van der Waals surface area contributed by atoms with Crippen molar-refractivity contribution in [3.05, 3.63) is 71.8 Å². The summed E-state index contributed by atoms with van der Waals surface area (Å²) in [6.45, 7) is 7.87. The number of amides is 1. The Bertz CT molecular complexity index is 1490. The zero-order chi connectivity index (χ0) is 27.1. The van der Waals surface area contributed by atoms with Gasteiger partial charge in [-0.3, -0.25) is 4.79 Å². The third-order valence-electron chi connectivity index (χ3n) is 8.01. The molecule has 0 radical (unpaired) electrons. The van der Waals surface area contributed by atoms with E-state index in [1.165, 1.54) is 6.07 Å². The number of ether oxygens (including phenoxy) is 1. The van der Waals surface area contributed by atoms with Crippen LogP contribution < -0.4 is 19.9 Å². The van der Waals surface area contributed by atoms with E-state index < -0.39 is 10.0 Å². The predicted molar refractivity (Wildman–Crippen MR) is 154 cm³/mol. The number of anilines is 3. The zero-order valence-electron chi connectivity index (χ0n) is 22.4. The third-order valence-corrected chi connectivity index (χ3v) is 9.94. The lowest BCUT2D eigenvalue weighted by Gasteiger charge is -2.39. The highest BCUT2D eigenvalue weighted by atomic mass is 32.2. The first kappa shape index (κ1) is 25.7. The molecule has 3 aromatic carbocycles. The van der Waals surface area contributed by atoms with Gasteiger partial charge in [0.15, 0.2) is 5.75 Å². The van der Waals surface area contributed by atoms with E-state index in [4.69, 9.17) is 4.74 Å². The predicted octanol–water partition coefficient (Wildman–Crippen LogP) is 5.10. The molecule has 3 aromatic rings. The molecule has 204 valence electrons. The number of para-hydroxylation sites is 1. The Morgan fingerprint density at radius 1 is 0.846 bits per heavy atom. The van der Waals surface area contributed by atoms with E-state index in [1.54, 1.807) is 10.4 Å². The van der Waals surface area contributed by atoms with Crippen molar-refractivity contribution in [2.45, 2.75) is 31.6 Å². The Kier molecular flexibility index (Phi) is 6.72. The molecule has 0 unspecified atom stereocenters. The molecule has 6 rings (SSSR count). The van der Waals surface area contributed by atoms with Crippen LogP contribution in [0.5, 0.6) is 11.5 Å². The lowest BCUT2D eigenvalue weighted by atomic mass is 10.0. The first-order valence-corrected chi connectivity index (χ1v) is 15.1. The number of carbonyl (C=O) groups excluding carboxylic acids is 1. The Labute approximate surface area is 230 Å². The fraction of sp³-hybridized carbons (Fsp3) is 0.367. The minimum Gasteiger partial charge on any atom is -0.454 e. The van der Waals surface area contributed by atoms with Crippen LogP contribution in [0.15, 0.2) is 65.6 Å². The van der Waals surface area contributed by atoms with E-state index in [2.05, 4.69) is 34.2 Å². The maximum atomic E-state index is 14.1. The summed E-state index contributed by atoms with van der Waals surface area (Å²) in [4.78, 5) is 17.9. The summed E-state index contributed by atoms with van der Waals surface area (Å²) in [5, 5.41) is 2.91. The van der Waals surface area contributed by atoms with Gasteiger partial charge < -0.3 is 19.9 Å². The number of nitrogens with one attached hydrogen (secondary N) is 1. The van der Waals surface area contributed by atoms with Gasteiger partial charge in [-0.1, -0.05) is 31.2 Å². The van der Waals surface area contributed by atoms with Crippen molar-refractivity contribution in [2.24, 2.45) is 5.92 Å². The second kappa shape index (κ2) is 10.2. The van der Waals surface area contributed by atoms with Crippen molar-refractivity contribution < 1.29 is 17.9 Å². The van der Waals surface area contributed by atoms with Gasteiger partial charge in [0.25, 0.3) is 5.91 Å². The SMILES string of the molecule is Cc1ccc2c(c1)NC(=O)c1cc(S(=O)(=O)N3CCC(C)CC3)c(N3CCN(c4ccccc4)CC3)cc1O2. The molecule has 8 nitrogen and oxygen atoms in total. The molecule has 3 aliphatic heterocycles. The highest BCUT2D eigenvalue weighted by Crippen LogP contribution is 2.42. The molecule has 2 fully saturated rings. The molecule has 0 aromatic heterocycles. The van der Waals surface area contributed by atoms with Gasteiger partial charge >= 0.3 is 0 Å². The molecule has 1 N–H and O–H groups in total. The molecule has 0 spiro atoms. The van der Waals surface area contributed by atoms with Gasteiger partial charge in [0.1, 0.15) is 10.6 Å². The highest BCUT2D eigenvalue weighted by molar-refractivity contribution is 7.89. The van der Waals surface area contributed by atoms with Gasteiger partial charge in [0.2, 0.25) is 10.0 Å². The van der Waals surface area contributed by atoms with E-state index in [9.17, 15) is 13.2 Å². The Balaban J connectivity index is 1.40. The standard InChI is InChI=1S/C30H34N4O4S/c1-21-10-12-34(13-11-21)39(36,37)29-19-24-28(38-27-9-8-22(2)18-25(27)31-30(24)35)20-26(29)33-16-14-32(15-17-33)23-6-4-3-5-7-23/h3-9,18-21H,10-17H2,1-2H3,(H,31,35). The molecule has 3 aliphatic rings. The van der Waals surface area contributed by atoms with Gasteiger partial charge in [0.05, 0.1) is 16.9 Å². The zero-order valence-corrected chi connectivity index (χ0v) is 23.2. The monoisotopic (exact) mass is 546 g/mol. The van der Waals surface area contributed by atoms with E-state index in [-0.39, 0.29) is 16.4 Å². The molecule has 0 atom stereocenters. The van der Waals surface area contributed by atoms with Crippen molar-refractivity contribution in [3.63, 3.8) is 0 Å². The molecule has 0 saturated carbocycles. The number of fused-ring (bicyclic) bond motifs is 2. The number of hydrogen-bond donors (Lipinski definition) is 1. The van der Waals surface area contributed by atoms with Crippen LogP contribution in [0.3, 0.4) is 0 Å². The Morgan fingerprint density at radius 2 is 1.54 bits per heavy atom. The first-order chi connectivity index (χ1) is 18.8. The number of sulfonamides is 1. The molecule has 0 aliphatic carbocycles. The van der Waals surface area contributed by atoms with Crippen molar-refractivity contribution in [2.75, 3.05) is 54.4 Å².